The van der Waals surface area contributed by atoms with Gasteiger partial charge in [-0.2, -0.15) is 5.10 Å². The molecule has 0 bridgehead atoms. The number of hydrogen-bond acceptors (Lipinski definition) is 6. The first-order valence-corrected chi connectivity index (χ1v) is 8.14. The number of rotatable bonds is 4. The zero-order valence-corrected chi connectivity index (χ0v) is 13.9. The average Bonchev–Trinajstić information content (AvgIpc) is 2.62. The number of piperidine rings is 1. The highest BCUT2D eigenvalue weighted by Crippen LogP contribution is 2.23. The Balaban J connectivity index is 1.74. The molecule has 0 saturated carbocycles. The molecule has 1 aliphatic heterocycles. The van der Waals surface area contributed by atoms with E-state index in [9.17, 15) is 14.9 Å². The summed E-state index contributed by atoms with van der Waals surface area (Å²) in [7, 11) is 0. The lowest BCUT2D eigenvalue weighted by Gasteiger charge is -2.33. The number of aromatic nitrogens is 2. The van der Waals surface area contributed by atoms with E-state index in [-0.39, 0.29) is 17.3 Å². The summed E-state index contributed by atoms with van der Waals surface area (Å²) in [5, 5.41) is 22.1. The lowest BCUT2D eigenvalue weighted by atomic mass is 10.0. The van der Waals surface area contributed by atoms with Crippen molar-refractivity contribution in [3.63, 3.8) is 0 Å². The maximum Gasteiger partial charge on any atom is 0.282 e. The van der Waals surface area contributed by atoms with Gasteiger partial charge in [-0.05, 0) is 37.5 Å². The summed E-state index contributed by atoms with van der Waals surface area (Å²) < 4.78 is 0. The number of anilines is 1. The zero-order valence-electron chi connectivity index (χ0n) is 13.9. The molecular weight excluding hydrogens is 322 g/mol. The van der Waals surface area contributed by atoms with Gasteiger partial charge in [0.2, 0.25) is 0 Å². The van der Waals surface area contributed by atoms with Gasteiger partial charge in [0.05, 0.1) is 4.92 Å². The number of benzene rings is 1. The number of nitrogens with zero attached hydrogens (tertiary/aromatic N) is 4. The molecule has 0 spiro atoms. The Morgan fingerprint density at radius 2 is 2.20 bits per heavy atom. The smallest absolute Gasteiger partial charge is 0.282 e. The van der Waals surface area contributed by atoms with Crippen LogP contribution in [0.5, 0.6) is 0 Å². The maximum atomic E-state index is 12.6. The Labute approximate surface area is 145 Å². The quantitative estimate of drug-likeness (QED) is 0.675. The SMILES string of the molecule is Cc1cccc([N+](=O)[O-])c1C(=O)N[C@H]1CCCN(c2cccnn2)C1. The van der Waals surface area contributed by atoms with E-state index in [1.807, 2.05) is 12.1 Å². The summed E-state index contributed by atoms with van der Waals surface area (Å²) in [6.07, 6.45) is 3.34. The van der Waals surface area contributed by atoms with Crippen molar-refractivity contribution in [3.8, 4) is 0 Å². The van der Waals surface area contributed by atoms with E-state index in [1.54, 1.807) is 25.3 Å². The second-order valence-electron chi connectivity index (χ2n) is 6.07. The molecule has 2 aromatic rings. The van der Waals surface area contributed by atoms with Crippen LogP contribution in [0, 0.1) is 17.0 Å². The molecule has 1 aromatic carbocycles. The summed E-state index contributed by atoms with van der Waals surface area (Å²) >= 11 is 0. The van der Waals surface area contributed by atoms with Crippen molar-refractivity contribution in [3.05, 3.63) is 57.8 Å². The fourth-order valence-electron chi connectivity index (χ4n) is 3.12. The summed E-state index contributed by atoms with van der Waals surface area (Å²) in [6.45, 7) is 3.15. The van der Waals surface area contributed by atoms with Gasteiger partial charge < -0.3 is 10.2 Å². The Morgan fingerprint density at radius 3 is 2.92 bits per heavy atom. The molecule has 3 rings (SSSR count). The van der Waals surface area contributed by atoms with E-state index in [4.69, 9.17) is 0 Å². The highest BCUT2D eigenvalue weighted by molar-refractivity contribution is 5.99. The van der Waals surface area contributed by atoms with Gasteiger partial charge in [0.1, 0.15) is 5.56 Å². The van der Waals surface area contributed by atoms with E-state index in [0.717, 1.165) is 25.2 Å². The molecule has 8 heteroatoms. The Kier molecular flexibility index (Phi) is 4.87. The molecule has 1 saturated heterocycles. The fraction of sp³-hybridized carbons (Fsp3) is 0.353. The van der Waals surface area contributed by atoms with Crippen molar-refractivity contribution >= 4 is 17.4 Å². The fourth-order valence-corrected chi connectivity index (χ4v) is 3.12. The predicted molar refractivity (Wildman–Crippen MR) is 92.6 cm³/mol. The number of carbonyl (C=O) groups is 1. The first-order chi connectivity index (χ1) is 12.1. The number of hydrogen-bond donors (Lipinski definition) is 1. The molecule has 1 amide bonds. The van der Waals surface area contributed by atoms with Crippen molar-refractivity contribution in [2.45, 2.75) is 25.8 Å². The van der Waals surface area contributed by atoms with Crippen molar-refractivity contribution in [1.29, 1.82) is 0 Å². The van der Waals surface area contributed by atoms with Crippen molar-refractivity contribution in [2.75, 3.05) is 18.0 Å². The Hall–Kier alpha value is -3.03. The van der Waals surface area contributed by atoms with E-state index in [0.29, 0.717) is 12.1 Å². The summed E-state index contributed by atoms with van der Waals surface area (Å²) in [6, 6.07) is 8.25. The first-order valence-electron chi connectivity index (χ1n) is 8.14. The Morgan fingerprint density at radius 1 is 1.36 bits per heavy atom. The normalized spacial score (nSPS) is 17.2. The molecule has 1 fully saturated rings. The largest absolute Gasteiger partial charge is 0.353 e. The summed E-state index contributed by atoms with van der Waals surface area (Å²) in [4.78, 5) is 25.4. The van der Waals surface area contributed by atoms with Crippen LogP contribution in [0.15, 0.2) is 36.5 Å². The van der Waals surface area contributed by atoms with Crippen molar-refractivity contribution in [2.24, 2.45) is 0 Å². The zero-order chi connectivity index (χ0) is 17.8. The van der Waals surface area contributed by atoms with Crippen LogP contribution >= 0.6 is 0 Å². The van der Waals surface area contributed by atoms with Crippen LogP contribution < -0.4 is 10.2 Å². The van der Waals surface area contributed by atoms with Gasteiger partial charge in [-0.3, -0.25) is 14.9 Å². The molecule has 1 aliphatic rings. The second-order valence-corrected chi connectivity index (χ2v) is 6.07. The molecular formula is C17H19N5O3. The Bertz CT molecular complexity index is 781. The van der Waals surface area contributed by atoms with Gasteiger partial charge in [-0.25, -0.2) is 0 Å². The van der Waals surface area contributed by atoms with Crippen LogP contribution in [0.1, 0.15) is 28.8 Å². The number of amides is 1. The summed E-state index contributed by atoms with van der Waals surface area (Å²) in [5.41, 5.74) is 0.552. The van der Waals surface area contributed by atoms with Crippen molar-refractivity contribution < 1.29 is 9.72 Å². The van der Waals surface area contributed by atoms with E-state index >= 15 is 0 Å². The predicted octanol–water partition coefficient (Wildman–Crippen LogP) is 2.09. The minimum atomic E-state index is -0.519. The topological polar surface area (TPSA) is 101 Å². The van der Waals surface area contributed by atoms with Gasteiger partial charge in [0.25, 0.3) is 11.6 Å². The molecule has 1 N–H and O–H groups in total. The highest BCUT2D eigenvalue weighted by Gasteiger charge is 2.27. The molecule has 1 atom stereocenters. The number of nitro benzene ring substituents is 1. The lowest BCUT2D eigenvalue weighted by molar-refractivity contribution is -0.385. The molecule has 0 unspecified atom stereocenters. The van der Waals surface area contributed by atoms with Gasteiger partial charge in [-0.1, -0.05) is 12.1 Å². The number of nitrogens with one attached hydrogen (secondary N) is 1. The highest BCUT2D eigenvalue weighted by atomic mass is 16.6. The third-order valence-corrected chi connectivity index (χ3v) is 4.31. The van der Waals surface area contributed by atoms with Crippen LogP contribution in [0.3, 0.4) is 0 Å². The van der Waals surface area contributed by atoms with Crippen LogP contribution in [0.25, 0.3) is 0 Å². The van der Waals surface area contributed by atoms with Crippen LogP contribution in [-0.2, 0) is 0 Å². The molecule has 0 radical (unpaired) electrons. The minimum Gasteiger partial charge on any atom is -0.353 e. The number of carbonyl (C=O) groups excluding carboxylic acids is 1. The molecule has 130 valence electrons. The second kappa shape index (κ2) is 7.25. The van der Waals surface area contributed by atoms with Gasteiger partial charge in [-0.15, -0.1) is 5.10 Å². The van der Waals surface area contributed by atoms with Crippen molar-refractivity contribution in [1.82, 2.24) is 15.5 Å². The third-order valence-electron chi connectivity index (χ3n) is 4.31. The van der Waals surface area contributed by atoms with Crippen LogP contribution in [0.2, 0.25) is 0 Å². The first kappa shape index (κ1) is 16.8. The molecule has 8 nitrogen and oxygen atoms in total. The molecule has 0 aliphatic carbocycles. The standard InChI is InChI=1S/C17H19N5O3/c1-12-5-2-7-14(22(24)25)16(12)17(23)19-13-6-4-10-21(11-13)15-8-3-9-18-20-15/h2-3,5,7-9,13H,4,6,10-11H2,1H3,(H,19,23)/t13-/m0/s1. The number of nitro groups is 1. The van der Waals surface area contributed by atoms with Crippen LogP contribution in [-0.4, -0.2) is 40.2 Å². The van der Waals surface area contributed by atoms with Gasteiger partial charge in [0.15, 0.2) is 5.82 Å². The van der Waals surface area contributed by atoms with E-state index in [2.05, 4.69) is 20.4 Å². The van der Waals surface area contributed by atoms with E-state index in [1.165, 1.54) is 6.07 Å². The average molecular weight is 341 g/mol. The monoisotopic (exact) mass is 341 g/mol. The molecule has 2 heterocycles. The number of aryl methyl sites for hydroxylation is 1. The van der Waals surface area contributed by atoms with Crippen LogP contribution in [0.4, 0.5) is 11.5 Å². The minimum absolute atomic E-state index is 0.0949. The third kappa shape index (κ3) is 3.73. The maximum absolute atomic E-state index is 12.6. The molecule has 25 heavy (non-hydrogen) atoms. The summed E-state index contributed by atoms with van der Waals surface area (Å²) in [5.74, 6) is 0.360. The lowest BCUT2D eigenvalue weighted by Crippen LogP contribution is -2.48. The van der Waals surface area contributed by atoms with Gasteiger partial charge in [0, 0.05) is 31.4 Å². The molecule has 1 aromatic heterocycles. The van der Waals surface area contributed by atoms with E-state index < -0.39 is 10.8 Å². The van der Waals surface area contributed by atoms with Gasteiger partial charge >= 0.3 is 0 Å².